The molecule has 0 aliphatic carbocycles. The molecule has 2 atom stereocenters. The first-order valence-electron chi connectivity index (χ1n) is 12.7. The number of nitrogens with zero attached hydrogens (tertiary/aromatic N) is 3. The highest BCUT2D eigenvalue weighted by Gasteiger charge is 2.26. The fraction of sp³-hybridized carbons (Fsp3) is 0.464. The molecule has 37 heavy (non-hydrogen) atoms. The molecule has 1 aliphatic heterocycles. The molecule has 1 saturated heterocycles. The number of ether oxygens (including phenoxy) is 3. The van der Waals surface area contributed by atoms with Crippen LogP contribution < -0.4 is 4.74 Å². The van der Waals surface area contributed by atoms with Gasteiger partial charge in [-0.1, -0.05) is 18.2 Å². The normalized spacial score (nSPS) is 16.6. The summed E-state index contributed by atoms with van der Waals surface area (Å²) in [6, 6.07) is 12.6. The van der Waals surface area contributed by atoms with Gasteiger partial charge in [-0.05, 0) is 57.9 Å². The second kappa shape index (κ2) is 12.6. The third kappa shape index (κ3) is 7.35. The molecular weight excluding hydrogens is 480 g/mol. The Labute approximate surface area is 216 Å². The van der Waals surface area contributed by atoms with E-state index in [1.165, 1.54) is 6.07 Å². The summed E-state index contributed by atoms with van der Waals surface area (Å²) in [7, 11) is 0. The summed E-state index contributed by atoms with van der Waals surface area (Å²) in [5.74, 6) is -1.25. The van der Waals surface area contributed by atoms with Gasteiger partial charge in [0.15, 0.2) is 11.6 Å². The fourth-order valence-corrected chi connectivity index (χ4v) is 4.39. The van der Waals surface area contributed by atoms with E-state index in [0.717, 1.165) is 42.8 Å². The smallest absolute Gasteiger partial charge is 0.227 e. The third-order valence-corrected chi connectivity index (χ3v) is 6.20. The predicted octanol–water partition coefficient (Wildman–Crippen LogP) is 5.02. The van der Waals surface area contributed by atoms with Crippen LogP contribution in [0.1, 0.15) is 37.9 Å². The number of aromatic nitrogens is 2. The predicted molar refractivity (Wildman–Crippen MR) is 136 cm³/mol. The highest BCUT2D eigenvalue weighted by molar-refractivity contribution is 5.43. The lowest BCUT2D eigenvalue weighted by Crippen LogP contribution is -2.39. The molecule has 4 rings (SSSR count). The molecule has 200 valence electrons. The molecule has 0 amide bonds. The minimum Gasteiger partial charge on any atom is -0.435 e. The number of rotatable bonds is 12. The number of hydrogen-bond acceptors (Lipinski definition) is 6. The van der Waals surface area contributed by atoms with E-state index in [4.69, 9.17) is 19.3 Å². The molecule has 0 radical (unpaired) electrons. The zero-order chi connectivity index (χ0) is 26.4. The van der Waals surface area contributed by atoms with E-state index < -0.39 is 17.7 Å². The summed E-state index contributed by atoms with van der Waals surface area (Å²) in [6.45, 7) is 8.01. The van der Waals surface area contributed by atoms with Crippen LogP contribution in [0.25, 0.3) is 5.69 Å². The standard InChI is InChI=1S/C28H35F2N3O4/c1-19(2)36-18-23(34)15-32(16-24-10-7-13-35-24)17-25-20(3)31-33(22-8-5-4-6-9-22)28(25)37-27-12-11-21(29)14-26(27)30/h4-6,8-9,11-12,14,19,23-24,34H,7,10,13,15-18H2,1-3H3/t23-,24-/m1/s1. The van der Waals surface area contributed by atoms with Crippen molar-refractivity contribution in [1.82, 2.24) is 14.7 Å². The van der Waals surface area contributed by atoms with E-state index >= 15 is 0 Å². The summed E-state index contributed by atoms with van der Waals surface area (Å²) in [5, 5.41) is 15.4. The number of halogens is 2. The molecule has 1 aromatic heterocycles. The second-order valence-electron chi connectivity index (χ2n) is 9.66. The van der Waals surface area contributed by atoms with Gasteiger partial charge in [0.1, 0.15) is 5.82 Å². The van der Waals surface area contributed by atoms with E-state index in [-0.39, 0.29) is 24.6 Å². The van der Waals surface area contributed by atoms with Gasteiger partial charge in [0, 0.05) is 32.3 Å². The molecule has 1 fully saturated rings. The van der Waals surface area contributed by atoms with Crippen LogP contribution in [0.5, 0.6) is 11.6 Å². The minimum atomic E-state index is -0.804. The monoisotopic (exact) mass is 515 g/mol. The van der Waals surface area contributed by atoms with Crippen LogP contribution in [-0.2, 0) is 16.0 Å². The van der Waals surface area contributed by atoms with Gasteiger partial charge in [-0.2, -0.15) is 5.10 Å². The van der Waals surface area contributed by atoms with Crippen molar-refractivity contribution in [2.24, 2.45) is 0 Å². The van der Waals surface area contributed by atoms with Crippen LogP contribution in [0.3, 0.4) is 0 Å². The van der Waals surface area contributed by atoms with Gasteiger partial charge >= 0.3 is 0 Å². The number of benzene rings is 2. The van der Waals surface area contributed by atoms with Gasteiger partial charge in [-0.15, -0.1) is 0 Å². The maximum atomic E-state index is 14.6. The Morgan fingerprint density at radius 3 is 2.65 bits per heavy atom. The maximum absolute atomic E-state index is 14.6. The molecule has 1 aliphatic rings. The van der Waals surface area contributed by atoms with Crippen LogP contribution in [0.2, 0.25) is 0 Å². The van der Waals surface area contributed by atoms with Crippen LogP contribution in [0.4, 0.5) is 8.78 Å². The van der Waals surface area contributed by atoms with Crippen LogP contribution in [-0.4, -0.2) is 64.4 Å². The number of aliphatic hydroxyl groups excluding tert-OH is 1. The van der Waals surface area contributed by atoms with Crippen LogP contribution >= 0.6 is 0 Å². The second-order valence-corrected chi connectivity index (χ2v) is 9.66. The van der Waals surface area contributed by atoms with Gasteiger partial charge in [0.25, 0.3) is 0 Å². The van der Waals surface area contributed by atoms with Crippen LogP contribution in [0, 0.1) is 18.6 Å². The van der Waals surface area contributed by atoms with Crippen molar-refractivity contribution in [1.29, 1.82) is 0 Å². The lowest BCUT2D eigenvalue weighted by molar-refractivity contribution is -0.0173. The molecule has 1 N–H and O–H groups in total. The summed E-state index contributed by atoms with van der Waals surface area (Å²) in [5.41, 5.74) is 2.18. The Morgan fingerprint density at radius 2 is 1.97 bits per heavy atom. The maximum Gasteiger partial charge on any atom is 0.227 e. The number of aliphatic hydroxyl groups is 1. The summed E-state index contributed by atoms with van der Waals surface area (Å²) < 4.78 is 47.3. The molecule has 2 aromatic carbocycles. The van der Waals surface area contributed by atoms with Crippen molar-refractivity contribution in [2.45, 2.75) is 58.5 Å². The Hall–Kier alpha value is -2.85. The zero-order valence-corrected chi connectivity index (χ0v) is 21.6. The topological polar surface area (TPSA) is 69.0 Å². The van der Waals surface area contributed by atoms with E-state index in [2.05, 4.69) is 4.90 Å². The molecule has 0 unspecified atom stereocenters. The van der Waals surface area contributed by atoms with Gasteiger partial charge in [0.05, 0.1) is 41.9 Å². The Morgan fingerprint density at radius 1 is 1.19 bits per heavy atom. The summed E-state index contributed by atoms with van der Waals surface area (Å²) in [4.78, 5) is 2.09. The fourth-order valence-electron chi connectivity index (χ4n) is 4.39. The first kappa shape index (κ1) is 27.2. The summed E-state index contributed by atoms with van der Waals surface area (Å²) in [6.07, 6.45) is 1.31. The highest BCUT2D eigenvalue weighted by atomic mass is 19.1. The number of hydrogen-bond donors (Lipinski definition) is 1. The quantitative estimate of drug-likeness (QED) is 0.365. The zero-order valence-electron chi connectivity index (χ0n) is 21.6. The van der Waals surface area contributed by atoms with Crippen molar-refractivity contribution in [3.8, 4) is 17.3 Å². The molecular formula is C28H35F2N3O4. The van der Waals surface area contributed by atoms with Crippen molar-refractivity contribution >= 4 is 0 Å². The van der Waals surface area contributed by atoms with Gasteiger partial charge in [-0.25, -0.2) is 13.5 Å². The lowest BCUT2D eigenvalue weighted by Gasteiger charge is -2.28. The molecule has 7 nitrogen and oxygen atoms in total. The molecule has 0 spiro atoms. The molecule has 0 saturated carbocycles. The molecule has 0 bridgehead atoms. The minimum absolute atomic E-state index is 0.0122. The van der Waals surface area contributed by atoms with Crippen molar-refractivity contribution in [3.05, 3.63) is 71.4 Å². The Bertz CT molecular complexity index is 1150. The average molecular weight is 516 g/mol. The molecule has 9 heteroatoms. The summed E-state index contributed by atoms with van der Waals surface area (Å²) >= 11 is 0. The van der Waals surface area contributed by atoms with E-state index in [1.54, 1.807) is 4.68 Å². The van der Waals surface area contributed by atoms with Crippen molar-refractivity contribution < 1.29 is 28.1 Å². The molecule has 2 heterocycles. The first-order valence-corrected chi connectivity index (χ1v) is 12.7. The lowest BCUT2D eigenvalue weighted by atomic mass is 10.1. The highest BCUT2D eigenvalue weighted by Crippen LogP contribution is 2.33. The SMILES string of the molecule is Cc1nn(-c2ccccc2)c(Oc2ccc(F)cc2F)c1CN(C[C@@H](O)COC(C)C)C[C@H]1CCCO1. The first-order chi connectivity index (χ1) is 17.8. The van der Waals surface area contributed by atoms with E-state index in [0.29, 0.717) is 31.2 Å². The third-order valence-electron chi connectivity index (χ3n) is 6.20. The van der Waals surface area contributed by atoms with E-state index in [1.807, 2.05) is 51.1 Å². The van der Waals surface area contributed by atoms with Gasteiger partial charge in [0.2, 0.25) is 5.88 Å². The number of para-hydroxylation sites is 1. The van der Waals surface area contributed by atoms with Crippen molar-refractivity contribution in [3.63, 3.8) is 0 Å². The number of aryl methyl sites for hydroxylation is 1. The largest absolute Gasteiger partial charge is 0.435 e. The van der Waals surface area contributed by atoms with Gasteiger partial charge < -0.3 is 19.3 Å². The van der Waals surface area contributed by atoms with Crippen LogP contribution in [0.15, 0.2) is 48.5 Å². The van der Waals surface area contributed by atoms with Crippen molar-refractivity contribution in [2.75, 3.05) is 26.3 Å². The average Bonchev–Trinajstić information content (AvgIpc) is 3.48. The van der Waals surface area contributed by atoms with E-state index in [9.17, 15) is 13.9 Å². The Balaban J connectivity index is 1.67. The Kier molecular flexibility index (Phi) is 9.26. The molecule has 3 aromatic rings. The van der Waals surface area contributed by atoms with Gasteiger partial charge in [-0.3, -0.25) is 4.90 Å².